The Labute approximate surface area is 285 Å². The van der Waals surface area contributed by atoms with Gasteiger partial charge >= 0.3 is 21.1 Å². The van der Waals surface area contributed by atoms with Crippen molar-refractivity contribution in [2.75, 3.05) is 0 Å². The maximum atomic E-state index is 6.46. The topological polar surface area (TPSA) is 44.9 Å². The molecule has 3 heterocycles. The molecule has 0 saturated carbocycles. The molecule has 0 amide bonds. The van der Waals surface area contributed by atoms with Gasteiger partial charge in [0.2, 0.25) is 0 Å². The first-order valence-corrected chi connectivity index (χ1v) is 15.6. The second-order valence-electron chi connectivity index (χ2n) is 12.4. The molecule has 3 aromatic heterocycles. The van der Waals surface area contributed by atoms with Crippen LogP contribution in [0.15, 0.2) is 103 Å². The predicted octanol–water partition coefficient (Wildman–Crippen LogP) is 10.1. The van der Waals surface area contributed by atoms with Crippen molar-refractivity contribution < 1.29 is 25.8 Å². The zero-order valence-electron chi connectivity index (χ0n) is 26.7. The third-order valence-electron chi connectivity index (χ3n) is 8.11. The van der Waals surface area contributed by atoms with Gasteiger partial charge in [-0.15, -0.1) is 35.7 Å². The Morgan fingerprint density at radius 3 is 2.30 bits per heavy atom. The molecule has 7 rings (SSSR count). The van der Waals surface area contributed by atoms with Crippen molar-refractivity contribution in [3.8, 4) is 34.1 Å². The Morgan fingerprint density at radius 1 is 0.783 bits per heavy atom. The maximum Gasteiger partial charge on any atom is 2.00 e. The van der Waals surface area contributed by atoms with Crippen LogP contribution in [0, 0.1) is 25.0 Å². The Hall–Kier alpha value is -4.47. The molecule has 0 aliphatic carbocycles. The van der Waals surface area contributed by atoms with Gasteiger partial charge in [-0.3, -0.25) is 4.68 Å². The van der Waals surface area contributed by atoms with Gasteiger partial charge in [-0.2, -0.15) is 17.2 Å². The molecule has 0 bridgehead atoms. The molecule has 5 nitrogen and oxygen atoms in total. The summed E-state index contributed by atoms with van der Waals surface area (Å²) in [5.41, 5.74) is 8.70. The van der Waals surface area contributed by atoms with Crippen LogP contribution in [0.1, 0.15) is 50.6 Å². The van der Waals surface area contributed by atoms with Crippen molar-refractivity contribution >= 4 is 21.8 Å². The van der Waals surface area contributed by atoms with E-state index in [-0.39, 0.29) is 27.0 Å². The first-order chi connectivity index (χ1) is 21.9. The van der Waals surface area contributed by atoms with Gasteiger partial charge in [0.15, 0.2) is 0 Å². The van der Waals surface area contributed by atoms with E-state index >= 15 is 0 Å². The van der Waals surface area contributed by atoms with Crippen LogP contribution in [-0.2, 0) is 27.5 Å². The maximum absolute atomic E-state index is 6.46. The van der Waals surface area contributed by atoms with Crippen LogP contribution in [0.5, 0.6) is 11.5 Å². The molecule has 6 heteroatoms. The summed E-state index contributed by atoms with van der Waals surface area (Å²) in [5.74, 6) is 2.80. The number of pyridine rings is 1. The van der Waals surface area contributed by atoms with Crippen molar-refractivity contribution in [1.29, 1.82) is 0 Å². The number of hydrogen-bond donors (Lipinski definition) is 0. The van der Waals surface area contributed by atoms with Gasteiger partial charge in [0.25, 0.3) is 0 Å². The van der Waals surface area contributed by atoms with Crippen molar-refractivity contribution in [2.45, 2.75) is 47.0 Å². The van der Waals surface area contributed by atoms with Gasteiger partial charge in [0, 0.05) is 28.8 Å². The van der Waals surface area contributed by atoms with E-state index in [9.17, 15) is 0 Å². The summed E-state index contributed by atoms with van der Waals surface area (Å²) < 4.78 is 10.7. The molecule has 0 spiro atoms. The number of aromatic nitrogens is 4. The number of para-hydroxylation sites is 1. The molecule has 232 valence electrons. The van der Waals surface area contributed by atoms with Gasteiger partial charge < -0.3 is 9.30 Å². The van der Waals surface area contributed by atoms with Crippen LogP contribution in [0.4, 0.5) is 0 Å². The van der Waals surface area contributed by atoms with Gasteiger partial charge in [-0.05, 0) is 65.6 Å². The summed E-state index contributed by atoms with van der Waals surface area (Å²) in [6.07, 6.45) is 2.74. The molecule has 7 aromatic rings. The standard InChI is InChI=1S/C40H36N4O.Pt/c1-26(2)22-37-39(29-12-7-6-8-13-29)40(27(3)4)42-44(37)30-14-11-15-31(24-30)45-32-18-19-34-33-16-9-10-17-35(33)43(36(34)25-32)38-23-28(5)20-21-41-38;/h6-21,23,26-27H,22H2,1-5H3;/q-2;+2. The largest absolute Gasteiger partial charge is 2.00 e. The molecule has 0 fully saturated rings. The van der Waals surface area contributed by atoms with E-state index in [1.54, 1.807) is 0 Å². The quantitative estimate of drug-likeness (QED) is 0.144. The smallest absolute Gasteiger partial charge is 0.509 e. The second-order valence-corrected chi connectivity index (χ2v) is 12.4. The van der Waals surface area contributed by atoms with Crippen molar-refractivity contribution in [3.05, 3.63) is 132 Å². The van der Waals surface area contributed by atoms with E-state index in [1.807, 2.05) is 30.5 Å². The minimum atomic E-state index is 0. The fraction of sp³-hybridized carbons (Fsp3) is 0.200. The summed E-state index contributed by atoms with van der Waals surface area (Å²) in [5, 5.41) is 7.44. The fourth-order valence-electron chi connectivity index (χ4n) is 6.12. The molecule has 0 saturated heterocycles. The molecule has 46 heavy (non-hydrogen) atoms. The average molecular weight is 784 g/mol. The normalized spacial score (nSPS) is 11.5. The van der Waals surface area contributed by atoms with Crippen molar-refractivity contribution in [3.63, 3.8) is 0 Å². The zero-order chi connectivity index (χ0) is 31.1. The third-order valence-corrected chi connectivity index (χ3v) is 8.11. The van der Waals surface area contributed by atoms with Crippen LogP contribution in [0.2, 0.25) is 0 Å². The van der Waals surface area contributed by atoms with Crippen molar-refractivity contribution in [1.82, 2.24) is 19.3 Å². The summed E-state index contributed by atoms with van der Waals surface area (Å²) in [4.78, 5) is 4.70. The molecule has 4 aromatic carbocycles. The Morgan fingerprint density at radius 2 is 1.54 bits per heavy atom. The number of hydrogen-bond acceptors (Lipinski definition) is 3. The Kier molecular flexibility index (Phi) is 8.97. The van der Waals surface area contributed by atoms with Crippen LogP contribution in [0.3, 0.4) is 0 Å². The second kappa shape index (κ2) is 13.1. The van der Waals surface area contributed by atoms with E-state index in [0.717, 1.165) is 51.0 Å². The Bertz CT molecular complexity index is 2140. The first-order valence-electron chi connectivity index (χ1n) is 15.6. The molecule has 0 unspecified atom stereocenters. The Balaban J connectivity index is 0.00000372. The van der Waals surface area contributed by atoms with E-state index < -0.39 is 0 Å². The van der Waals surface area contributed by atoms with E-state index in [2.05, 4.69) is 129 Å². The average Bonchev–Trinajstić information content (AvgIpc) is 3.57. The number of aryl methyl sites for hydroxylation is 1. The molecular formula is C40H36N4OPt. The molecule has 0 aliphatic heterocycles. The SMILES string of the molecule is Cc1ccnc(-n2c3[c-]c(Oc4[c-]c(-n5nc(C(C)C)c(-c6ccccc6)c5CC(C)C)ccc4)ccc3c3ccccc32)c1.[Pt+2]. The molecular weight excluding hydrogens is 748 g/mol. The fourth-order valence-corrected chi connectivity index (χ4v) is 6.12. The van der Waals surface area contributed by atoms with Crippen LogP contribution < -0.4 is 4.74 Å². The molecule has 0 radical (unpaired) electrons. The van der Waals surface area contributed by atoms with E-state index in [4.69, 9.17) is 14.8 Å². The van der Waals surface area contributed by atoms with Gasteiger partial charge in [0.1, 0.15) is 5.82 Å². The first kappa shape index (κ1) is 31.5. The van der Waals surface area contributed by atoms with Crippen LogP contribution in [0.25, 0.3) is 44.4 Å². The summed E-state index contributed by atoms with van der Waals surface area (Å²) in [6, 6.07) is 40.3. The summed E-state index contributed by atoms with van der Waals surface area (Å²) in [6.45, 7) is 11.0. The van der Waals surface area contributed by atoms with E-state index in [0.29, 0.717) is 17.4 Å². The number of fused-ring (bicyclic) bond motifs is 3. The van der Waals surface area contributed by atoms with Gasteiger partial charge in [-0.1, -0.05) is 81.7 Å². The van der Waals surface area contributed by atoms with E-state index in [1.165, 1.54) is 16.8 Å². The minimum Gasteiger partial charge on any atom is -0.509 e. The van der Waals surface area contributed by atoms with Crippen LogP contribution >= 0.6 is 0 Å². The van der Waals surface area contributed by atoms with Crippen LogP contribution in [-0.4, -0.2) is 19.3 Å². The molecule has 0 N–H and O–H groups in total. The summed E-state index contributed by atoms with van der Waals surface area (Å²) in [7, 11) is 0. The third kappa shape index (κ3) is 5.92. The number of rotatable bonds is 8. The predicted molar refractivity (Wildman–Crippen MR) is 183 cm³/mol. The zero-order valence-corrected chi connectivity index (χ0v) is 29.0. The molecule has 0 atom stereocenters. The minimum absolute atomic E-state index is 0. The number of ether oxygens (including phenoxy) is 1. The summed E-state index contributed by atoms with van der Waals surface area (Å²) >= 11 is 0. The van der Waals surface area contributed by atoms with Crippen molar-refractivity contribution in [2.24, 2.45) is 5.92 Å². The van der Waals surface area contributed by atoms with Gasteiger partial charge in [0.05, 0.1) is 11.4 Å². The number of nitrogens with zero attached hydrogens (tertiary/aromatic N) is 4. The molecule has 0 aliphatic rings. The number of benzene rings is 4. The van der Waals surface area contributed by atoms with Gasteiger partial charge in [-0.25, -0.2) is 4.98 Å². The monoisotopic (exact) mass is 783 g/mol.